The third kappa shape index (κ3) is 11.4. The molecule has 0 aromatic heterocycles. The van der Waals surface area contributed by atoms with E-state index in [2.05, 4.69) is 31.8 Å². The molecule has 1 atom stereocenters. The SMILES string of the molecule is C[N+](C)(C)CCCCC(NC(=O)CCCCOc1ccc(C=O)c(O)c1)C(=O)NCC(=O)ON1C(=O)CCC1=O. The Balaban J connectivity index is 1.80. The summed E-state index contributed by atoms with van der Waals surface area (Å²) in [7, 11) is 6.17. The Bertz CT molecular complexity index is 1070. The molecule has 1 aliphatic rings. The summed E-state index contributed by atoms with van der Waals surface area (Å²) in [5, 5.41) is 15.3. The molecule has 13 nitrogen and oxygen atoms in total. The van der Waals surface area contributed by atoms with E-state index in [4.69, 9.17) is 9.57 Å². The standard InChI is InChI=1S/C27H38N4O9/c1-31(2,3)14-6-4-8-21(27(38)28-17-26(37)40-30-24(35)12-13-25(30)36)29-23(34)9-5-7-15-39-20-11-10-19(18-32)22(33)16-20/h10-11,16,18,21H,4-9,12-15,17H2,1-3H3,(H2-,28,29,32,33,34,38)/p+1. The van der Waals surface area contributed by atoms with E-state index in [1.807, 2.05) is 0 Å². The van der Waals surface area contributed by atoms with Gasteiger partial charge in [-0.1, -0.05) is 0 Å². The highest BCUT2D eigenvalue weighted by molar-refractivity contribution is 6.01. The van der Waals surface area contributed by atoms with Crippen LogP contribution in [0.4, 0.5) is 0 Å². The van der Waals surface area contributed by atoms with Crippen molar-refractivity contribution in [3.05, 3.63) is 23.8 Å². The number of amides is 4. The van der Waals surface area contributed by atoms with Gasteiger partial charge in [-0.3, -0.25) is 24.0 Å². The molecule has 1 unspecified atom stereocenters. The van der Waals surface area contributed by atoms with Crippen molar-refractivity contribution in [1.29, 1.82) is 0 Å². The molecule has 3 N–H and O–H groups in total. The van der Waals surface area contributed by atoms with Gasteiger partial charge in [-0.15, -0.1) is 5.06 Å². The van der Waals surface area contributed by atoms with Gasteiger partial charge in [-0.05, 0) is 44.2 Å². The molecule has 4 amide bonds. The monoisotopic (exact) mass is 563 g/mol. The molecule has 2 rings (SSSR count). The maximum absolute atomic E-state index is 12.8. The molecule has 1 heterocycles. The zero-order chi connectivity index (χ0) is 29.7. The number of phenolic OH excluding ortho intramolecular Hbond substituents is 1. The maximum atomic E-state index is 12.8. The number of aromatic hydroxyl groups is 1. The summed E-state index contributed by atoms with van der Waals surface area (Å²) in [5.74, 6) is -2.90. The van der Waals surface area contributed by atoms with Crippen LogP contribution in [0.5, 0.6) is 11.5 Å². The van der Waals surface area contributed by atoms with E-state index in [1.165, 1.54) is 12.1 Å². The number of phenols is 1. The van der Waals surface area contributed by atoms with E-state index in [9.17, 15) is 33.9 Å². The van der Waals surface area contributed by atoms with Gasteiger partial charge in [0.2, 0.25) is 11.8 Å². The molecule has 1 aliphatic heterocycles. The van der Waals surface area contributed by atoms with Crippen LogP contribution in [-0.2, 0) is 28.8 Å². The van der Waals surface area contributed by atoms with Crippen molar-refractivity contribution < 1.29 is 47.9 Å². The molecule has 0 bridgehead atoms. The average molecular weight is 564 g/mol. The van der Waals surface area contributed by atoms with Gasteiger partial charge in [-0.25, -0.2) is 4.79 Å². The molecule has 1 aromatic carbocycles. The van der Waals surface area contributed by atoms with Crippen LogP contribution in [0.2, 0.25) is 0 Å². The molecule has 13 heteroatoms. The predicted octanol–water partition coefficient (Wildman–Crippen LogP) is 0.839. The number of unbranched alkanes of at least 4 members (excludes halogenated alkanes) is 2. The van der Waals surface area contributed by atoms with Gasteiger partial charge in [0.1, 0.15) is 24.1 Å². The summed E-state index contributed by atoms with van der Waals surface area (Å²) in [6.07, 6.45) is 3.47. The molecular weight excluding hydrogens is 524 g/mol. The number of nitrogens with zero attached hydrogens (tertiary/aromatic N) is 2. The molecule has 220 valence electrons. The average Bonchev–Trinajstić information content (AvgIpc) is 3.20. The first kappa shape index (κ1) is 32.2. The fraction of sp³-hybridized carbons (Fsp3) is 0.556. The number of carbonyl (C=O) groups excluding carboxylic acids is 6. The number of rotatable bonds is 17. The van der Waals surface area contributed by atoms with E-state index in [0.717, 1.165) is 17.4 Å². The van der Waals surface area contributed by atoms with E-state index in [0.29, 0.717) is 42.8 Å². The number of imide groups is 1. The number of hydrogen-bond donors (Lipinski definition) is 3. The first-order valence-electron chi connectivity index (χ1n) is 13.2. The van der Waals surface area contributed by atoms with Crippen molar-refractivity contribution in [2.45, 2.75) is 57.4 Å². The molecular formula is C27H39N4O9+. The lowest BCUT2D eigenvalue weighted by molar-refractivity contribution is -0.870. The number of quaternary nitrogens is 1. The summed E-state index contributed by atoms with van der Waals surface area (Å²) in [4.78, 5) is 76.2. The summed E-state index contributed by atoms with van der Waals surface area (Å²) in [5.41, 5.74) is 0.161. The van der Waals surface area contributed by atoms with Gasteiger partial charge < -0.3 is 29.8 Å². The number of nitrogens with one attached hydrogen (secondary N) is 2. The molecule has 1 saturated heterocycles. The van der Waals surface area contributed by atoms with Gasteiger partial charge in [-0.2, -0.15) is 0 Å². The van der Waals surface area contributed by atoms with E-state index < -0.39 is 36.3 Å². The Hall–Kier alpha value is -4.00. The normalized spacial score (nSPS) is 14.0. The van der Waals surface area contributed by atoms with Crippen LogP contribution in [0.3, 0.4) is 0 Å². The smallest absolute Gasteiger partial charge is 0.352 e. The largest absolute Gasteiger partial charge is 0.507 e. The second-order valence-corrected chi connectivity index (χ2v) is 10.5. The lowest BCUT2D eigenvalue weighted by Gasteiger charge is -2.24. The molecule has 1 fully saturated rings. The minimum atomic E-state index is -0.971. The van der Waals surface area contributed by atoms with Crippen molar-refractivity contribution in [1.82, 2.24) is 15.7 Å². The van der Waals surface area contributed by atoms with E-state index >= 15 is 0 Å². The number of hydroxylamine groups is 2. The Labute approximate surface area is 233 Å². The van der Waals surface area contributed by atoms with Gasteiger partial charge in [0, 0.05) is 25.3 Å². The van der Waals surface area contributed by atoms with E-state index in [-0.39, 0.29) is 43.1 Å². The fourth-order valence-electron chi connectivity index (χ4n) is 3.83. The van der Waals surface area contributed by atoms with Gasteiger partial charge in [0.15, 0.2) is 6.29 Å². The van der Waals surface area contributed by atoms with Crippen LogP contribution < -0.4 is 15.4 Å². The van der Waals surface area contributed by atoms with Crippen molar-refractivity contribution in [2.24, 2.45) is 0 Å². The predicted molar refractivity (Wildman–Crippen MR) is 142 cm³/mol. The minimum Gasteiger partial charge on any atom is -0.507 e. The molecule has 0 aliphatic carbocycles. The first-order valence-corrected chi connectivity index (χ1v) is 13.2. The van der Waals surface area contributed by atoms with Gasteiger partial charge >= 0.3 is 5.97 Å². The van der Waals surface area contributed by atoms with Crippen LogP contribution in [0.25, 0.3) is 0 Å². The maximum Gasteiger partial charge on any atom is 0.352 e. The lowest BCUT2D eigenvalue weighted by Crippen LogP contribution is -2.48. The summed E-state index contributed by atoms with van der Waals surface area (Å²) in [6.45, 7) is 0.594. The van der Waals surface area contributed by atoms with Gasteiger partial charge in [0.05, 0.1) is 39.9 Å². The number of carbonyl (C=O) groups is 6. The van der Waals surface area contributed by atoms with Gasteiger partial charge in [0.25, 0.3) is 11.8 Å². The second kappa shape index (κ2) is 15.6. The molecule has 0 spiro atoms. The van der Waals surface area contributed by atoms with Crippen LogP contribution in [0.1, 0.15) is 61.7 Å². The van der Waals surface area contributed by atoms with Crippen molar-refractivity contribution in [3.8, 4) is 11.5 Å². The minimum absolute atomic E-state index is 0.0376. The van der Waals surface area contributed by atoms with Crippen molar-refractivity contribution in [2.75, 3.05) is 40.8 Å². The van der Waals surface area contributed by atoms with Crippen LogP contribution in [-0.4, -0.2) is 97.4 Å². The Morgan fingerprint density at radius 3 is 2.40 bits per heavy atom. The van der Waals surface area contributed by atoms with E-state index in [1.54, 1.807) is 6.07 Å². The lowest BCUT2D eigenvalue weighted by atomic mass is 10.1. The Morgan fingerprint density at radius 2 is 1.77 bits per heavy atom. The first-order chi connectivity index (χ1) is 18.9. The quantitative estimate of drug-likeness (QED) is 0.108. The molecule has 40 heavy (non-hydrogen) atoms. The highest BCUT2D eigenvalue weighted by Crippen LogP contribution is 2.22. The third-order valence-electron chi connectivity index (χ3n) is 6.03. The van der Waals surface area contributed by atoms with Crippen molar-refractivity contribution in [3.63, 3.8) is 0 Å². The number of benzene rings is 1. The van der Waals surface area contributed by atoms with Crippen LogP contribution in [0, 0.1) is 0 Å². The molecule has 1 aromatic rings. The number of ether oxygens (including phenoxy) is 1. The summed E-state index contributed by atoms with van der Waals surface area (Å²) < 4.78 is 6.29. The number of hydrogen-bond acceptors (Lipinski definition) is 9. The Kier molecular flexibility index (Phi) is 12.5. The summed E-state index contributed by atoms with van der Waals surface area (Å²) >= 11 is 0. The third-order valence-corrected chi connectivity index (χ3v) is 6.03. The molecule has 0 radical (unpaired) electrons. The van der Waals surface area contributed by atoms with Crippen LogP contribution in [0.15, 0.2) is 18.2 Å². The van der Waals surface area contributed by atoms with Crippen LogP contribution >= 0.6 is 0 Å². The highest BCUT2D eigenvalue weighted by Gasteiger charge is 2.33. The highest BCUT2D eigenvalue weighted by atomic mass is 16.7. The fourth-order valence-corrected chi connectivity index (χ4v) is 3.83. The van der Waals surface area contributed by atoms with Crippen molar-refractivity contribution >= 4 is 35.9 Å². The molecule has 0 saturated carbocycles. The zero-order valence-corrected chi connectivity index (χ0v) is 23.3. The Morgan fingerprint density at radius 1 is 1.07 bits per heavy atom. The summed E-state index contributed by atoms with van der Waals surface area (Å²) in [6, 6.07) is 3.48. The second-order valence-electron chi connectivity index (χ2n) is 10.5. The number of aldehydes is 1. The topological polar surface area (TPSA) is 168 Å². The zero-order valence-electron chi connectivity index (χ0n) is 23.3.